The van der Waals surface area contributed by atoms with Gasteiger partial charge in [-0.1, -0.05) is 24.6 Å². The molecule has 0 saturated carbocycles. The molecule has 1 aliphatic heterocycles. The number of piperidine rings is 1. The average Bonchev–Trinajstić information content (AvgIpc) is 3.11. The quantitative estimate of drug-likeness (QED) is 0.887. The fraction of sp³-hybridized carbons (Fsp3) is 0.353. The number of nitrogens with zero attached hydrogens (tertiary/aromatic N) is 1. The monoisotopic (exact) mass is 364 g/mol. The van der Waals surface area contributed by atoms with Crippen LogP contribution in [-0.4, -0.2) is 31.7 Å². The van der Waals surface area contributed by atoms with Crippen molar-refractivity contribution < 1.29 is 13.2 Å². The van der Waals surface area contributed by atoms with Crippen LogP contribution in [0.15, 0.2) is 46.7 Å². The summed E-state index contributed by atoms with van der Waals surface area (Å²) in [6.07, 6.45) is 2.93. The SMILES string of the molecule is O=C(NCc1ccc(S(=O)(=O)N2CCCCC2)s1)c1ccccc1. The lowest BCUT2D eigenvalue weighted by Crippen LogP contribution is -2.35. The van der Waals surface area contributed by atoms with E-state index >= 15 is 0 Å². The van der Waals surface area contributed by atoms with Gasteiger partial charge in [0.2, 0.25) is 0 Å². The lowest BCUT2D eigenvalue weighted by Gasteiger charge is -2.25. The first-order valence-electron chi connectivity index (χ1n) is 7.99. The Balaban J connectivity index is 1.64. The highest BCUT2D eigenvalue weighted by molar-refractivity contribution is 7.91. The zero-order chi connectivity index (χ0) is 17.0. The topological polar surface area (TPSA) is 66.5 Å². The highest BCUT2D eigenvalue weighted by atomic mass is 32.2. The molecule has 5 nitrogen and oxygen atoms in total. The van der Waals surface area contributed by atoms with E-state index in [0.29, 0.717) is 29.4 Å². The molecule has 24 heavy (non-hydrogen) atoms. The number of amides is 1. The second kappa shape index (κ2) is 7.46. The molecule has 0 spiro atoms. The van der Waals surface area contributed by atoms with E-state index in [0.717, 1.165) is 24.1 Å². The molecule has 1 saturated heterocycles. The van der Waals surface area contributed by atoms with Gasteiger partial charge in [-0.05, 0) is 37.1 Å². The molecule has 7 heteroatoms. The van der Waals surface area contributed by atoms with Crippen LogP contribution in [0, 0.1) is 0 Å². The average molecular weight is 364 g/mol. The first-order chi connectivity index (χ1) is 11.6. The van der Waals surface area contributed by atoms with Gasteiger partial charge in [0.25, 0.3) is 15.9 Å². The molecule has 0 bridgehead atoms. The summed E-state index contributed by atoms with van der Waals surface area (Å²) in [5, 5.41) is 2.82. The van der Waals surface area contributed by atoms with Crippen LogP contribution in [-0.2, 0) is 16.6 Å². The number of sulfonamides is 1. The van der Waals surface area contributed by atoms with Crippen molar-refractivity contribution in [2.75, 3.05) is 13.1 Å². The lowest BCUT2D eigenvalue weighted by molar-refractivity contribution is 0.0951. The molecule has 2 heterocycles. The van der Waals surface area contributed by atoms with Crippen LogP contribution >= 0.6 is 11.3 Å². The summed E-state index contributed by atoms with van der Waals surface area (Å²) >= 11 is 1.23. The molecule has 0 unspecified atom stereocenters. The molecule has 3 rings (SSSR count). The molecular weight excluding hydrogens is 344 g/mol. The molecule has 1 aromatic heterocycles. The molecule has 0 atom stereocenters. The number of benzene rings is 1. The maximum absolute atomic E-state index is 12.6. The minimum atomic E-state index is -3.39. The Morgan fingerprint density at radius 2 is 1.75 bits per heavy atom. The van der Waals surface area contributed by atoms with E-state index in [2.05, 4.69) is 5.32 Å². The maximum atomic E-state index is 12.6. The van der Waals surface area contributed by atoms with Crippen molar-refractivity contribution >= 4 is 27.3 Å². The number of carbonyl (C=O) groups is 1. The first kappa shape index (κ1) is 17.1. The standard InChI is InChI=1S/C17H20N2O3S2/c20-17(14-7-3-1-4-8-14)18-13-15-9-10-16(23-15)24(21,22)19-11-5-2-6-12-19/h1,3-4,7-10H,2,5-6,11-13H2,(H,18,20). The first-order valence-corrected chi connectivity index (χ1v) is 10.2. The Morgan fingerprint density at radius 1 is 1.04 bits per heavy atom. The van der Waals surface area contributed by atoms with Gasteiger partial charge in [0.1, 0.15) is 4.21 Å². The molecule has 1 amide bonds. The third-order valence-corrected chi connectivity index (χ3v) is 7.46. The Kier molecular flexibility index (Phi) is 5.33. The predicted octanol–water partition coefficient (Wildman–Crippen LogP) is 2.85. The molecule has 128 valence electrons. The van der Waals surface area contributed by atoms with Crippen LogP contribution in [0.25, 0.3) is 0 Å². The third-order valence-electron chi connectivity index (χ3n) is 4.01. The third kappa shape index (κ3) is 3.85. The van der Waals surface area contributed by atoms with Crippen LogP contribution in [0.4, 0.5) is 0 Å². The molecule has 0 radical (unpaired) electrons. The summed E-state index contributed by atoms with van der Waals surface area (Å²) in [5.41, 5.74) is 0.593. The van der Waals surface area contributed by atoms with Crippen LogP contribution in [0.5, 0.6) is 0 Å². The van der Waals surface area contributed by atoms with Crippen LogP contribution < -0.4 is 5.32 Å². The second-order valence-electron chi connectivity index (χ2n) is 5.73. The van der Waals surface area contributed by atoms with Gasteiger partial charge in [-0.15, -0.1) is 11.3 Å². The van der Waals surface area contributed by atoms with Gasteiger partial charge >= 0.3 is 0 Å². The molecular formula is C17H20N2O3S2. The molecule has 0 aliphatic carbocycles. The van der Waals surface area contributed by atoms with Gasteiger partial charge in [-0.25, -0.2) is 8.42 Å². The molecule has 1 N–H and O–H groups in total. The van der Waals surface area contributed by atoms with Gasteiger partial charge in [0, 0.05) is 23.5 Å². The number of nitrogens with one attached hydrogen (secondary N) is 1. The van der Waals surface area contributed by atoms with E-state index in [4.69, 9.17) is 0 Å². The number of rotatable bonds is 5. The van der Waals surface area contributed by atoms with E-state index in [1.807, 2.05) is 18.2 Å². The van der Waals surface area contributed by atoms with Crippen molar-refractivity contribution in [2.24, 2.45) is 0 Å². The highest BCUT2D eigenvalue weighted by Crippen LogP contribution is 2.27. The minimum absolute atomic E-state index is 0.163. The Labute approximate surface area is 146 Å². The van der Waals surface area contributed by atoms with Crippen molar-refractivity contribution in [2.45, 2.75) is 30.0 Å². The maximum Gasteiger partial charge on any atom is 0.252 e. The summed E-state index contributed by atoms with van der Waals surface area (Å²) in [7, 11) is -3.39. The molecule has 1 aromatic carbocycles. The van der Waals surface area contributed by atoms with E-state index in [9.17, 15) is 13.2 Å². The van der Waals surface area contributed by atoms with E-state index < -0.39 is 10.0 Å². The summed E-state index contributed by atoms with van der Waals surface area (Å²) in [6, 6.07) is 12.4. The number of hydrogen-bond donors (Lipinski definition) is 1. The normalized spacial score (nSPS) is 16.0. The van der Waals surface area contributed by atoms with E-state index in [1.165, 1.54) is 11.3 Å². The van der Waals surface area contributed by atoms with Crippen molar-refractivity contribution in [1.29, 1.82) is 0 Å². The minimum Gasteiger partial charge on any atom is -0.347 e. The zero-order valence-electron chi connectivity index (χ0n) is 13.3. The van der Waals surface area contributed by atoms with E-state index in [1.54, 1.807) is 28.6 Å². The van der Waals surface area contributed by atoms with Crippen molar-refractivity contribution in [3.05, 3.63) is 52.9 Å². The number of thiophene rings is 1. The van der Waals surface area contributed by atoms with Crippen LogP contribution in [0.2, 0.25) is 0 Å². The second-order valence-corrected chi connectivity index (χ2v) is 9.07. The zero-order valence-corrected chi connectivity index (χ0v) is 14.9. The van der Waals surface area contributed by atoms with Crippen molar-refractivity contribution in [3.63, 3.8) is 0 Å². The summed E-state index contributed by atoms with van der Waals surface area (Å²) in [5.74, 6) is -0.163. The smallest absolute Gasteiger partial charge is 0.252 e. The fourth-order valence-corrected chi connectivity index (χ4v) is 5.65. The van der Waals surface area contributed by atoms with Crippen LogP contribution in [0.1, 0.15) is 34.5 Å². The van der Waals surface area contributed by atoms with Gasteiger partial charge in [-0.3, -0.25) is 4.79 Å². The molecule has 2 aromatic rings. The number of carbonyl (C=O) groups excluding carboxylic acids is 1. The van der Waals surface area contributed by atoms with Gasteiger partial charge in [-0.2, -0.15) is 4.31 Å². The summed E-state index contributed by atoms with van der Waals surface area (Å²) in [6.45, 7) is 1.52. The van der Waals surface area contributed by atoms with Gasteiger partial charge in [0.05, 0.1) is 6.54 Å². The Morgan fingerprint density at radius 3 is 2.46 bits per heavy atom. The lowest BCUT2D eigenvalue weighted by atomic mass is 10.2. The summed E-state index contributed by atoms with van der Waals surface area (Å²) < 4.78 is 27.1. The van der Waals surface area contributed by atoms with Crippen molar-refractivity contribution in [3.8, 4) is 0 Å². The highest BCUT2D eigenvalue weighted by Gasteiger charge is 2.27. The van der Waals surface area contributed by atoms with Gasteiger partial charge < -0.3 is 5.32 Å². The fourth-order valence-electron chi connectivity index (χ4n) is 2.68. The molecule has 1 aliphatic rings. The summed E-state index contributed by atoms with van der Waals surface area (Å²) in [4.78, 5) is 12.9. The number of hydrogen-bond acceptors (Lipinski definition) is 4. The van der Waals surface area contributed by atoms with Crippen LogP contribution in [0.3, 0.4) is 0 Å². The predicted molar refractivity (Wildman–Crippen MR) is 94.5 cm³/mol. The van der Waals surface area contributed by atoms with Crippen molar-refractivity contribution in [1.82, 2.24) is 9.62 Å². The molecule has 1 fully saturated rings. The Bertz CT molecular complexity index is 794. The van der Waals surface area contributed by atoms with E-state index in [-0.39, 0.29) is 5.91 Å². The largest absolute Gasteiger partial charge is 0.347 e. The van der Waals surface area contributed by atoms with Gasteiger partial charge in [0.15, 0.2) is 0 Å². The Hall–Kier alpha value is -1.70.